The number of carbonyl (C=O) groups excluding carboxylic acids is 1. The minimum Gasteiger partial charge on any atom is -0.488 e. The SMILES string of the molecule is Cc1ccc(C(=O)c2ccc(Cl)n2C/C=C/c2cccc(O[C@@H](C)COO)c2)cc1. The van der Waals surface area contributed by atoms with E-state index in [1.165, 1.54) is 0 Å². The summed E-state index contributed by atoms with van der Waals surface area (Å²) in [6, 6.07) is 18.5. The molecule has 1 N–H and O–H groups in total. The number of carbonyl (C=O) groups is 1. The molecule has 0 spiro atoms. The average molecular weight is 426 g/mol. The third kappa shape index (κ3) is 5.60. The summed E-state index contributed by atoms with van der Waals surface area (Å²) in [5, 5.41) is 9.02. The second-order valence-electron chi connectivity index (χ2n) is 7.05. The molecule has 30 heavy (non-hydrogen) atoms. The summed E-state index contributed by atoms with van der Waals surface area (Å²) in [6.45, 7) is 4.33. The Kier molecular flexibility index (Phi) is 7.46. The molecule has 0 aliphatic rings. The van der Waals surface area contributed by atoms with E-state index < -0.39 is 0 Å². The lowest BCUT2D eigenvalue weighted by Crippen LogP contribution is -2.18. The predicted octanol–water partition coefficient (Wildman–Crippen LogP) is 5.65. The molecule has 3 aromatic rings. The van der Waals surface area contributed by atoms with Gasteiger partial charge in [0.2, 0.25) is 5.78 Å². The van der Waals surface area contributed by atoms with Gasteiger partial charge in [0.15, 0.2) is 0 Å². The highest BCUT2D eigenvalue weighted by Crippen LogP contribution is 2.20. The molecule has 1 aromatic heterocycles. The molecule has 5 nitrogen and oxygen atoms in total. The summed E-state index contributed by atoms with van der Waals surface area (Å²) in [6.07, 6.45) is 3.61. The molecule has 0 amide bonds. The Morgan fingerprint density at radius 3 is 2.67 bits per heavy atom. The van der Waals surface area contributed by atoms with E-state index in [-0.39, 0.29) is 18.5 Å². The molecule has 0 saturated heterocycles. The maximum Gasteiger partial charge on any atom is 0.209 e. The van der Waals surface area contributed by atoms with Crippen LogP contribution < -0.4 is 4.74 Å². The van der Waals surface area contributed by atoms with Crippen LogP contribution in [0.1, 0.15) is 34.1 Å². The Morgan fingerprint density at radius 1 is 1.17 bits per heavy atom. The molecule has 0 fully saturated rings. The second kappa shape index (κ2) is 10.3. The third-order valence-electron chi connectivity index (χ3n) is 4.58. The molecule has 3 rings (SSSR count). The van der Waals surface area contributed by atoms with E-state index in [0.29, 0.717) is 28.7 Å². The van der Waals surface area contributed by atoms with E-state index in [1.54, 1.807) is 23.6 Å². The first-order chi connectivity index (χ1) is 14.5. The van der Waals surface area contributed by atoms with E-state index in [4.69, 9.17) is 21.6 Å². The summed E-state index contributed by atoms with van der Waals surface area (Å²) in [4.78, 5) is 17.0. The average Bonchev–Trinajstić information content (AvgIpc) is 3.09. The Hall–Kier alpha value is -2.86. The van der Waals surface area contributed by atoms with Crippen molar-refractivity contribution in [2.24, 2.45) is 0 Å². The Labute approximate surface area is 181 Å². The van der Waals surface area contributed by atoms with Crippen molar-refractivity contribution in [3.63, 3.8) is 0 Å². The van der Waals surface area contributed by atoms with Crippen molar-refractivity contribution in [3.05, 3.63) is 94.3 Å². The number of hydrogen-bond acceptors (Lipinski definition) is 4. The summed E-state index contributed by atoms with van der Waals surface area (Å²) < 4.78 is 7.46. The number of ketones is 1. The summed E-state index contributed by atoms with van der Waals surface area (Å²) in [5.41, 5.74) is 3.22. The van der Waals surface area contributed by atoms with Gasteiger partial charge in [-0.05, 0) is 43.7 Å². The van der Waals surface area contributed by atoms with Gasteiger partial charge in [0.1, 0.15) is 23.6 Å². The van der Waals surface area contributed by atoms with E-state index in [1.807, 2.05) is 67.6 Å². The number of nitrogens with zero attached hydrogens (tertiary/aromatic N) is 1. The van der Waals surface area contributed by atoms with Gasteiger partial charge in [-0.15, -0.1) is 0 Å². The number of aryl methyl sites for hydroxylation is 1. The van der Waals surface area contributed by atoms with E-state index in [9.17, 15) is 4.79 Å². The molecule has 6 heteroatoms. The number of ether oxygens (including phenoxy) is 1. The zero-order valence-electron chi connectivity index (χ0n) is 16.9. The van der Waals surface area contributed by atoms with Gasteiger partial charge in [-0.3, -0.25) is 10.1 Å². The zero-order chi connectivity index (χ0) is 21.5. The van der Waals surface area contributed by atoms with Gasteiger partial charge >= 0.3 is 0 Å². The quantitative estimate of drug-likeness (QED) is 0.273. The Balaban J connectivity index is 1.72. The molecule has 2 aromatic carbocycles. The first kappa shape index (κ1) is 21.8. The van der Waals surface area contributed by atoms with E-state index in [2.05, 4.69) is 4.89 Å². The number of halogens is 1. The molecule has 1 heterocycles. The lowest BCUT2D eigenvalue weighted by molar-refractivity contribution is -0.253. The molecule has 0 unspecified atom stereocenters. The van der Waals surface area contributed by atoms with Crippen molar-refractivity contribution in [1.82, 2.24) is 4.57 Å². The zero-order valence-corrected chi connectivity index (χ0v) is 17.7. The smallest absolute Gasteiger partial charge is 0.209 e. The molecular formula is C24H24ClNO4. The van der Waals surface area contributed by atoms with Crippen LogP contribution in [0.5, 0.6) is 5.75 Å². The van der Waals surface area contributed by atoms with Crippen molar-refractivity contribution in [3.8, 4) is 5.75 Å². The van der Waals surface area contributed by atoms with Crippen LogP contribution in [-0.4, -0.2) is 28.3 Å². The van der Waals surface area contributed by atoms with Crippen LogP contribution in [-0.2, 0) is 11.4 Å². The van der Waals surface area contributed by atoms with Gasteiger partial charge in [-0.1, -0.05) is 65.7 Å². The van der Waals surface area contributed by atoms with Crippen molar-refractivity contribution in [1.29, 1.82) is 0 Å². The van der Waals surface area contributed by atoms with Crippen LogP contribution in [0.3, 0.4) is 0 Å². The normalized spacial score (nSPS) is 12.3. The Morgan fingerprint density at radius 2 is 1.93 bits per heavy atom. The fraction of sp³-hybridized carbons (Fsp3) is 0.208. The second-order valence-corrected chi connectivity index (χ2v) is 7.43. The van der Waals surface area contributed by atoms with E-state index >= 15 is 0 Å². The molecule has 156 valence electrons. The minimum absolute atomic E-state index is 0.0641. The molecule has 0 saturated carbocycles. The van der Waals surface area contributed by atoms with Crippen molar-refractivity contribution < 1.29 is 19.7 Å². The van der Waals surface area contributed by atoms with Crippen LogP contribution in [0.25, 0.3) is 6.08 Å². The maximum atomic E-state index is 12.9. The number of aromatic nitrogens is 1. The van der Waals surface area contributed by atoms with Crippen molar-refractivity contribution in [2.45, 2.75) is 26.5 Å². The van der Waals surface area contributed by atoms with Crippen LogP contribution in [0.4, 0.5) is 0 Å². The van der Waals surface area contributed by atoms with Gasteiger partial charge in [-0.2, -0.15) is 0 Å². The molecular weight excluding hydrogens is 402 g/mol. The Bertz CT molecular complexity index is 1020. The fourth-order valence-electron chi connectivity index (χ4n) is 3.04. The molecule has 0 aliphatic heterocycles. The van der Waals surface area contributed by atoms with Gasteiger partial charge in [-0.25, -0.2) is 4.89 Å². The van der Waals surface area contributed by atoms with Crippen LogP contribution in [0.15, 0.2) is 66.7 Å². The summed E-state index contributed by atoms with van der Waals surface area (Å²) in [7, 11) is 0. The van der Waals surface area contributed by atoms with E-state index in [0.717, 1.165) is 11.1 Å². The first-order valence-electron chi connectivity index (χ1n) is 9.64. The molecule has 0 bridgehead atoms. The van der Waals surface area contributed by atoms with Gasteiger partial charge in [0.25, 0.3) is 0 Å². The third-order valence-corrected chi connectivity index (χ3v) is 4.91. The minimum atomic E-state index is -0.275. The topological polar surface area (TPSA) is 60.7 Å². The van der Waals surface area contributed by atoms with Crippen LogP contribution in [0.2, 0.25) is 5.15 Å². The molecule has 0 radical (unpaired) electrons. The fourth-order valence-corrected chi connectivity index (χ4v) is 3.26. The number of hydrogen-bond donors (Lipinski definition) is 1. The molecule has 1 atom stereocenters. The van der Waals surface area contributed by atoms with Gasteiger partial charge in [0, 0.05) is 12.1 Å². The van der Waals surface area contributed by atoms with Gasteiger partial charge < -0.3 is 9.30 Å². The summed E-state index contributed by atoms with van der Waals surface area (Å²) in [5.74, 6) is 0.613. The highest BCUT2D eigenvalue weighted by molar-refractivity contribution is 6.30. The number of allylic oxidation sites excluding steroid dienone is 1. The highest BCUT2D eigenvalue weighted by atomic mass is 35.5. The lowest BCUT2D eigenvalue weighted by atomic mass is 10.1. The maximum absolute atomic E-state index is 12.9. The number of rotatable bonds is 9. The van der Waals surface area contributed by atoms with Crippen LogP contribution in [0, 0.1) is 6.92 Å². The van der Waals surface area contributed by atoms with Crippen molar-refractivity contribution in [2.75, 3.05) is 6.61 Å². The summed E-state index contributed by atoms with van der Waals surface area (Å²) >= 11 is 6.32. The lowest BCUT2D eigenvalue weighted by Gasteiger charge is -2.13. The predicted molar refractivity (Wildman–Crippen MR) is 118 cm³/mol. The highest BCUT2D eigenvalue weighted by Gasteiger charge is 2.15. The largest absolute Gasteiger partial charge is 0.488 e. The molecule has 0 aliphatic carbocycles. The standard InChI is InChI=1S/C24H24ClNO4/c1-17-8-10-20(11-9-17)24(27)22-12-13-23(25)26(22)14-4-6-19-5-3-7-21(15-19)30-18(2)16-29-28/h3-13,15,18,28H,14,16H2,1-2H3/b6-4+/t18-/m0/s1. The van der Waals surface area contributed by atoms with Crippen molar-refractivity contribution >= 4 is 23.5 Å². The van der Waals surface area contributed by atoms with Crippen LogP contribution >= 0.6 is 11.6 Å². The monoisotopic (exact) mass is 425 g/mol. The first-order valence-corrected chi connectivity index (χ1v) is 10.0. The number of benzene rings is 2. The van der Waals surface area contributed by atoms with Gasteiger partial charge in [0.05, 0.1) is 5.69 Å².